The Balaban J connectivity index is 1.49. The predicted octanol–water partition coefficient (Wildman–Crippen LogP) is 0.669. The number of nitrogens with one attached hydrogen (secondary N) is 2. The van der Waals surface area contributed by atoms with Crippen LogP contribution in [0.1, 0.15) is 5.56 Å². The van der Waals surface area contributed by atoms with E-state index in [-0.39, 0.29) is 11.7 Å². The Bertz CT molecular complexity index is 743. The van der Waals surface area contributed by atoms with Gasteiger partial charge in [0, 0.05) is 5.69 Å². The number of benzene rings is 1. The highest BCUT2D eigenvalue weighted by Gasteiger charge is 2.22. The molecule has 1 saturated heterocycles. The minimum absolute atomic E-state index is 0.0537. The molecule has 1 aromatic heterocycles. The average molecular weight is 343 g/mol. The molecule has 0 aliphatic carbocycles. The van der Waals surface area contributed by atoms with E-state index in [1.807, 2.05) is 12.1 Å². The normalized spacial score (nSPS) is 15.0. The second-order valence-electron chi connectivity index (χ2n) is 5.75. The number of anilines is 2. The number of hydrogen-bond donors (Lipinski definition) is 3. The average Bonchev–Trinajstić information content (AvgIpc) is 3.03. The van der Waals surface area contributed by atoms with Crippen LogP contribution in [0.3, 0.4) is 0 Å². The van der Waals surface area contributed by atoms with E-state index < -0.39 is 0 Å². The summed E-state index contributed by atoms with van der Waals surface area (Å²) in [5.41, 5.74) is 1.61. The van der Waals surface area contributed by atoms with Gasteiger partial charge in [0.25, 0.3) is 5.91 Å². The maximum atomic E-state index is 12.2. The lowest BCUT2D eigenvalue weighted by molar-refractivity contribution is -0.892. The minimum Gasteiger partial charge on any atom is -0.508 e. The summed E-state index contributed by atoms with van der Waals surface area (Å²) in [5, 5.41) is 23.6. The van der Waals surface area contributed by atoms with E-state index in [0.717, 1.165) is 31.9 Å². The number of amides is 1. The van der Waals surface area contributed by atoms with Crippen molar-refractivity contribution >= 4 is 27.9 Å². The summed E-state index contributed by atoms with van der Waals surface area (Å²) in [6, 6.07) is 11.0. The zero-order valence-electron chi connectivity index (χ0n) is 13.2. The third-order valence-corrected chi connectivity index (χ3v) is 4.96. The molecule has 1 aliphatic heterocycles. The maximum Gasteiger partial charge on any atom is 0.280 e. The van der Waals surface area contributed by atoms with Crippen molar-refractivity contribution in [3.05, 3.63) is 41.3 Å². The van der Waals surface area contributed by atoms with E-state index in [1.165, 1.54) is 16.2 Å². The van der Waals surface area contributed by atoms with Gasteiger partial charge in [0.2, 0.25) is 0 Å². The predicted molar refractivity (Wildman–Crippen MR) is 93.5 cm³/mol. The van der Waals surface area contributed by atoms with E-state index in [2.05, 4.69) is 16.3 Å². The zero-order valence-corrected chi connectivity index (χ0v) is 14.0. The second kappa shape index (κ2) is 7.34. The fourth-order valence-electron chi connectivity index (χ4n) is 2.81. The Kier molecular flexibility index (Phi) is 4.99. The minimum atomic E-state index is -0.0537. The number of carbonyl (C=O) groups is 1. The summed E-state index contributed by atoms with van der Waals surface area (Å²) in [5.74, 6) is 0.215. The van der Waals surface area contributed by atoms with Crippen LogP contribution < -0.4 is 15.1 Å². The molecule has 0 spiro atoms. The fourth-order valence-corrected chi connectivity index (χ4v) is 3.57. The smallest absolute Gasteiger partial charge is 0.280 e. The van der Waals surface area contributed by atoms with Crippen molar-refractivity contribution in [2.45, 2.75) is 0 Å². The van der Waals surface area contributed by atoms with E-state index in [1.54, 1.807) is 23.6 Å². The Morgan fingerprint density at radius 2 is 2.00 bits per heavy atom. The highest BCUT2D eigenvalue weighted by Crippen LogP contribution is 2.21. The van der Waals surface area contributed by atoms with E-state index >= 15 is 0 Å². The largest absolute Gasteiger partial charge is 0.508 e. The van der Waals surface area contributed by atoms with Gasteiger partial charge in [-0.1, -0.05) is 0 Å². The molecule has 1 amide bonds. The molecule has 3 N–H and O–H groups in total. The number of carbonyl (C=O) groups excluding carboxylic acids is 1. The summed E-state index contributed by atoms with van der Waals surface area (Å²) in [6.07, 6.45) is 0. The van der Waals surface area contributed by atoms with Crippen molar-refractivity contribution in [2.24, 2.45) is 0 Å². The van der Waals surface area contributed by atoms with Crippen molar-refractivity contribution in [2.75, 3.05) is 42.9 Å². The lowest BCUT2D eigenvalue weighted by Crippen LogP contribution is -3.15. The summed E-state index contributed by atoms with van der Waals surface area (Å²) in [7, 11) is 0. The summed E-state index contributed by atoms with van der Waals surface area (Å²) in [6.45, 7) is 3.91. The number of phenols is 1. The van der Waals surface area contributed by atoms with E-state index in [0.29, 0.717) is 17.1 Å². The first kappa shape index (κ1) is 16.3. The molecule has 0 atom stereocenters. The molecule has 124 valence electrons. The van der Waals surface area contributed by atoms with Gasteiger partial charge in [-0.25, -0.2) is 0 Å². The highest BCUT2D eigenvalue weighted by atomic mass is 32.1. The Hall–Kier alpha value is -2.56. The Morgan fingerprint density at radius 3 is 2.67 bits per heavy atom. The van der Waals surface area contributed by atoms with Gasteiger partial charge in [-0.2, -0.15) is 5.26 Å². The Morgan fingerprint density at radius 1 is 1.29 bits per heavy atom. The van der Waals surface area contributed by atoms with Crippen molar-refractivity contribution in [3.63, 3.8) is 0 Å². The van der Waals surface area contributed by atoms with Gasteiger partial charge in [-0.05, 0) is 35.7 Å². The van der Waals surface area contributed by atoms with Crippen LogP contribution in [0, 0.1) is 11.3 Å². The maximum absolute atomic E-state index is 12.2. The van der Waals surface area contributed by atoms with Crippen LogP contribution in [0.5, 0.6) is 5.75 Å². The molecule has 0 bridgehead atoms. The lowest BCUT2D eigenvalue weighted by atomic mass is 10.2. The lowest BCUT2D eigenvalue weighted by Gasteiger charge is -2.33. The van der Waals surface area contributed by atoms with Gasteiger partial charge >= 0.3 is 0 Å². The van der Waals surface area contributed by atoms with Crippen molar-refractivity contribution in [1.29, 1.82) is 5.26 Å². The van der Waals surface area contributed by atoms with Crippen molar-refractivity contribution in [1.82, 2.24) is 0 Å². The third kappa shape index (κ3) is 3.85. The van der Waals surface area contributed by atoms with Gasteiger partial charge in [0.1, 0.15) is 16.8 Å². The molecule has 0 radical (unpaired) electrons. The quantitative estimate of drug-likeness (QED) is 0.762. The van der Waals surface area contributed by atoms with Crippen molar-refractivity contribution in [3.8, 4) is 11.8 Å². The first-order valence-corrected chi connectivity index (χ1v) is 8.68. The summed E-state index contributed by atoms with van der Waals surface area (Å²) < 4.78 is 0. The SMILES string of the molecule is N#Cc1ccsc1NC(=O)C[NH+]1CCN(c2ccc(O)cc2)CC1. The second-order valence-corrected chi connectivity index (χ2v) is 6.67. The molecule has 2 heterocycles. The molecule has 0 unspecified atom stereocenters. The van der Waals surface area contributed by atoms with Crippen LogP contribution in [0.4, 0.5) is 10.7 Å². The Labute approximate surface area is 144 Å². The molecule has 1 aromatic carbocycles. The summed E-state index contributed by atoms with van der Waals surface area (Å²) in [4.78, 5) is 15.7. The number of phenolic OH excluding ortho intramolecular Hbond substituents is 1. The van der Waals surface area contributed by atoms with E-state index in [4.69, 9.17) is 5.26 Å². The van der Waals surface area contributed by atoms with Gasteiger partial charge in [0.15, 0.2) is 6.54 Å². The number of hydrogen-bond acceptors (Lipinski definition) is 5. The molecule has 0 saturated carbocycles. The highest BCUT2D eigenvalue weighted by molar-refractivity contribution is 7.14. The van der Waals surface area contributed by atoms with Crippen LogP contribution in [-0.2, 0) is 4.79 Å². The molecule has 7 heteroatoms. The van der Waals surface area contributed by atoms with Gasteiger partial charge in [0.05, 0.1) is 31.7 Å². The number of rotatable bonds is 4. The standard InChI is InChI=1S/C17H18N4O2S/c18-11-13-5-10-24-17(13)19-16(23)12-20-6-8-21(9-7-20)14-1-3-15(22)4-2-14/h1-5,10,22H,6-9,12H2,(H,19,23)/p+1. The number of piperazine rings is 1. The van der Waals surface area contributed by atoms with Crippen LogP contribution >= 0.6 is 11.3 Å². The van der Waals surface area contributed by atoms with Gasteiger partial charge in [-0.15, -0.1) is 11.3 Å². The van der Waals surface area contributed by atoms with Crippen molar-refractivity contribution < 1.29 is 14.8 Å². The van der Waals surface area contributed by atoms with Crippen LogP contribution in [0.2, 0.25) is 0 Å². The van der Waals surface area contributed by atoms with Gasteiger partial charge in [-0.3, -0.25) is 4.79 Å². The van der Waals surface area contributed by atoms with E-state index in [9.17, 15) is 9.90 Å². The third-order valence-electron chi connectivity index (χ3n) is 4.13. The molecular formula is C17H19N4O2S+. The number of thiophene rings is 1. The number of nitrogens with zero attached hydrogens (tertiary/aromatic N) is 2. The number of quaternary nitrogens is 1. The zero-order chi connectivity index (χ0) is 16.9. The van der Waals surface area contributed by atoms with Crippen LogP contribution in [0.25, 0.3) is 0 Å². The molecule has 6 nitrogen and oxygen atoms in total. The first-order valence-electron chi connectivity index (χ1n) is 7.80. The van der Waals surface area contributed by atoms with Crippen LogP contribution in [0.15, 0.2) is 35.7 Å². The van der Waals surface area contributed by atoms with Gasteiger partial charge < -0.3 is 20.2 Å². The molecular weight excluding hydrogens is 324 g/mol. The number of nitriles is 1. The van der Waals surface area contributed by atoms with Crippen LogP contribution in [-0.4, -0.2) is 43.7 Å². The monoisotopic (exact) mass is 343 g/mol. The molecule has 1 fully saturated rings. The molecule has 3 rings (SSSR count). The number of aromatic hydroxyl groups is 1. The molecule has 1 aliphatic rings. The summed E-state index contributed by atoms with van der Waals surface area (Å²) >= 11 is 1.37. The molecule has 2 aromatic rings. The first-order chi connectivity index (χ1) is 11.7. The fraction of sp³-hybridized carbons (Fsp3) is 0.294. The molecule has 24 heavy (non-hydrogen) atoms. The topological polar surface area (TPSA) is 80.8 Å².